The van der Waals surface area contributed by atoms with Crippen LogP contribution < -0.4 is 5.32 Å². The maximum Gasteiger partial charge on any atom is 0.217 e. The maximum atomic E-state index is 13.6. The number of carbonyl (C=O) groups excluding carboxylic acids is 1. The molecule has 1 unspecified atom stereocenters. The third kappa shape index (κ3) is 2.78. The van der Waals surface area contributed by atoms with Gasteiger partial charge in [-0.25, -0.2) is 8.78 Å². The molecule has 0 bridgehead atoms. The van der Waals surface area contributed by atoms with Crippen molar-refractivity contribution in [2.45, 2.75) is 33.2 Å². The lowest BCUT2D eigenvalue weighted by Gasteiger charge is -2.17. The molecule has 0 aliphatic heterocycles. The Hall–Kier alpha value is -1.45. The van der Waals surface area contributed by atoms with Gasteiger partial charge in [-0.15, -0.1) is 0 Å². The summed E-state index contributed by atoms with van der Waals surface area (Å²) in [6, 6.07) is 1.69. The molecule has 1 atom stereocenters. The highest BCUT2D eigenvalue weighted by molar-refractivity contribution is 5.73. The van der Waals surface area contributed by atoms with Crippen molar-refractivity contribution >= 4 is 5.91 Å². The van der Waals surface area contributed by atoms with E-state index in [1.807, 2.05) is 6.92 Å². The van der Waals surface area contributed by atoms with Crippen LogP contribution in [0, 0.1) is 11.6 Å². The van der Waals surface area contributed by atoms with Crippen molar-refractivity contribution in [3.63, 3.8) is 0 Å². The predicted molar refractivity (Wildman–Crippen MR) is 58.0 cm³/mol. The minimum absolute atomic E-state index is 0.238. The summed E-state index contributed by atoms with van der Waals surface area (Å²) >= 11 is 0. The van der Waals surface area contributed by atoms with Crippen LogP contribution in [0.25, 0.3) is 0 Å². The van der Waals surface area contributed by atoms with Crippen LogP contribution in [0.4, 0.5) is 8.78 Å². The highest BCUT2D eigenvalue weighted by Gasteiger charge is 2.17. The molecule has 0 saturated carbocycles. The summed E-state index contributed by atoms with van der Waals surface area (Å²) in [6.45, 7) is 4.86. The molecule has 1 amide bonds. The third-order valence-electron chi connectivity index (χ3n) is 2.41. The molecule has 0 aliphatic rings. The van der Waals surface area contributed by atoms with Crippen LogP contribution in [-0.2, 0) is 11.2 Å². The second-order valence-corrected chi connectivity index (χ2v) is 3.74. The van der Waals surface area contributed by atoms with Crippen molar-refractivity contribution < 1.29 is 13.6 Å². The van der Waals surface area contributed by atoms with Crippen molar-refractivity contribution in [3.05, 3.63) is 34.9 Å². The summed E-state index contributed by atoms with van der Waals surface area (Å²) in [7, 11) is 0. The number of benzene rings is 1. The van der Waals surface area contributed by atoms with E-state index in [2.05, 4.69) is 5.32 Å². The number of hydrogen-bond donors (Lipinski definition) is 1. The van der Waals surface area contributed by atoms with Crippen LogP contribution in [0.5, 0.6) is 0 Å². The minimum Gasteiger partial charge on any atom is -0.350 e. The SMILES string of the molecule is CCc1cc(F)cc(F)c1C(C)NC(C)=O. The first kappa shape index (κ1) is 12.6. The average molecular weight is 227 g/mol. The topological polar surface area (TPSA) is 29.1 Å². The Morgan fingerprint density at radius 2 is 2.06 bits per heavy atom. The quantitative estimate of drug-likeness (QED) is 0.845. The van der Waals surface area contributed by atoms with Crippen LogP contribution in [0.1, 0.15) is 37.9 Å². The second kappa shape index (κ2) is 5.05. The van der Waals surface area contributed by atoms with E-state index in [4.69, 9.17) is 0 Å². The minimum atomic E-state index is -0.613. The molecule has 16 heavy (non-hydrogen) atoms. The Morgan fingerprint density at radius 1 is 1.44 bits per heavy atom. The number of rotatable bonds is 3. The first-order chi connectivity index (χ1) is 7.45. The lowest BCUT2D eigenvalue weighted by Crippen LogP contribution is -2.25. The van der Waals surface area contributed by atoms with Gasteiger partial charge in [-0.3, -0.25) is 4.79 Å². The van der Waals surface area contributed by atoms with Crippen molar-refractivity contribution in [2.24, 2.45) is 0 Å². The highest BCUT2D eigenvalue weighted by Crippen LogP contribution is 2.23. The van der Waals surface area contributed by atoms with Gasteiger partial charge in [0.25, 0.3) is 0 Å². The van der Waals surface area contributed by atoms with Gasteiger partial charge < -0.3 is 5.32 Å². The van der Waals surface area contributed by atoms with Gasteiger partial charge in [-0.1, -0.05) is 6.92 Å². The molecule has 2 nitrogen and oxygen atoms in total. The zero-order valence-electron chi connectivity index (χ0n) is 9.60. The predicted octanol–water partition coefficient (Wildman–Crippen LogP) is 2.72. The number of hydrogen-bond acceptors (Lipinski definition) is 1. The first-order valence-electron chi connectivity index (χ1n) is 5.20. The van der Waals surface area contributed by atoms with Crippen LogP contribution in [0.2, 0.25) is 0 Å². The van der Waals surface area contributed by atoms with Gasteiger partial charge in [-0.05, 0) is 25.0 Å². The molecule has 0 fully saturated rings. The second-order valence-electron chi connectivity index (χ2n) is 3.74. The van der Waals surface area contributed by atoms with E-state index < -0.39 is 17.7 Å². The molecule has 88 valence electrons. The van der Waals surface area contributed by atoms with Gasteiger partial charge in [0.1, 0.15) is 11.6 Å². The van der Waals surface area contributed by atoms with Crippen LogP contribution in [-0.4, -0.2) is 5.91 Å². The Balaban J connectivity index is 3.15. The molecule has 0 aliphatic carbocycles. The van der Waals surface area contributed by atoms with Crippen LogP contribution in [0.15, 0.2) is 12.1 Å². The fraction of sp³-hybridized carbons (Fsp3) is 0.417. The maximum absolute atomic E-state index is 13.6. The van der Waals surface area contributed by atoms with Gasteiger partial charge in [0.05, 0.1) is 6.04 Å². The zero-order valence-corrected chi connectivity index (χ0v) is 9.60. The summed E-state index contributed by atoms with van der Waals surface area (Å²) in [5.74, 6) is -1.44. The molecule has 0 saturated heterocycles. The molecule has 4 heteroatoms. The van der Waals surface area contributed by atoms with E-state index in [9.17, 15) is 13.6 Å². The Bertz CT molecular complexity index is 404. The molecule has 1 rings (SSSR count). The lowest BCUT2D eigenvalue weighted by molar-refractivity contribution is -0.119. The Labute approximate surface area is 93.7 Å². The molecule has 0 aromatic heterocycles. The highest BCUT2D eigenvalue weighted by atomic mass is 19.1. The number of carbonyl (C=O) groups is 1. The molecular formula is C12H15F2NO. The number of nitrogens with one attached hydrogen (secondary N) is 1. The lowest BCUT2D eigenvalue weighted by atomic mass is 9.98. The molecule has 1 aromatic rings. The summed E-state index contributed by atoms with van der Waals surface area (Å²) in [4.78, 5) is 10.9. The number of aryl methyl sites for hydroxylation is 1. The van der Waals surface area contributed by atoms with Gasteiger partial charge in [0.2, 0.25) is 5.91 Å². The molecule has 1 aromatic carbocycles. The fourth-order valence-corrected chi connectivity index (χ4v) is 1.79. The normalized spacial score (nSPS) is 12.3. The zero-order chi connectivity index (χ0) is 12.3. The van der Waals surface area contributed by atoms with Gasteiger partial charge >= 0.3 is 0 Å². The van der Waals surface area contributed by atoms with Gasteiger partial charge in [-0.2, -0.15) is 0 Å². The Morgan fingerprint density at radius 3 is 2.56 bits per heavy atom. The first-order valence-corrected chi connectivity index (χ1v) is 5.20. The molecule has 1 N–H and O–H groups in total. The van der Waals surface area contributed by atoms with E-state index >= 15 is 0 Å². The number of amides is 1. The largest absolute Gasteiger partial charge is 0.350 e. The van der Waals surface area contributed by atoms with E-state index in [0.29, 0.717) is 17.5 Å². The van der Waals surface area contributed by atoms with E-state index in [1.165, 1.54) is 13.0 Å². The van der Waals surface area contributed by atoms with Crippen LogP contribution >= 0.6 is 0 Å². The van der Waals surface area contributed by atoms with Crippen molar-refractivity contribution in [1.82, 2.24) is 5.32 Å². The van der Waals surface area contributed by atoms with Gasteiger partial charge in [0.15, 0.2) is 0 Å². The van der Waals surface area contributed by atoms with Crippen LogP contribution in [0.3, 0.4) is 0 Å². The van der Waals surface area contributed by atoms with Crippen molar-refractivity contribution in [2.75, 3.05) is 0 Å². The van der Waals surface area contributed by atoms with E-state index in [-0.39, 0.29) is 5.91 Å². The molecule has 0 radical (unpaired) electrons. The summed E-state index contributed by atoms with van der Waals surface area (Å²) in [5.41, 5.74) is 0.942. The van der Waals surface area contributed by atoms with Crippen molar-refractivity contribution in [3.8, 4) is 0 Å². The molecule has 0 spiro atoms. The summed E-state index contributed by atoms with van der Waals surface area (Å²) < 4.78 is 26.6. The van der Waals surface area contributed by atoms with E-state index in [0.717, 1.165) is 6.07 Å². The smallest absolute Gasteiger partial charge is 0.217 e. The van der Waals surface area contributed by atoms with E-state index in [1.54, 1.807) is 6.92 Å². The van der Waals surface area contributed by atoms with Gasteiger partial charge in [0, 0.05) is 18.6 Å². The molecular weight excluding hydrogens is 212 g/mol. The Kier molecular flexibility index (Phi) is 3.99. The monoisotopic (exact) mass is 227 g/mol. The summed E-state index contributed by atoms with van der Waals surface area (Å²) in [5, 5.41) is 2.59. The van der Waals surface area contributed by atoms with Crippen molar-refractivity contribution in [1.29, 1.82) is 0 Å². The number of halogens is 2. The summed E-state index contributed by atoms with van der Waals surface area (Å²) in [6.07, 6.45) is 0.522. The fourth-order valence-electron chi connectivity index (χ4n) is 1.79. The third-order valence-corrected chi connectivity index (χ3v) is 2.41. The standard InChI is InChI=1S/C12H15F2NO/c1-4-9-5-10(13)6-11(14)12(9)7(2)15-8(3)16/h5-7H,4H2,1-3H3,(H,15,16). The average Bonchev–Trinajstić information content (AvgIpc) is 2.14. The molecule has 0 heterocycles.